The number of esters is 1. The summed E-state index contributed by atoms with van der Waals surface area (Å²) >= 11 is 0. The molecule has 0 atom stereocenters. The molecule has 1 heterocycles. The molecule has 0 aromatic carbocycles. The second kappa shape index (κ2) is 5.48. The van der Waals surface area contributed by atoms with Crippen LogP contribution in [0.3, 0.4) is 0 Å². The van der Waals surface area contributed by atoms with Crippen LogP contribution >= 0.6 is 0 Å². The zero-order valence-electron chi connectivity index (χ0n) is 10.6. The number of nitrogens with one attached hydrogen (secondary N) is 1. The Balaban J connectivity index is 2.85. The molecule has 0 saturated heterocycles. The number of ether oxygens (including phenoxy) is 1. The summed E-state index contributed by atoms with van der Waals surface area (Å²) < 4.78 is 6.29. The Kier molecular flexibility index (Phi) is 4.25. The van der Waals surface area contributed by atoms with Crippen molar-refractivity contribution >= 4 is 18.1 Å². The number of amides is 1. The quantitative estimate of drug-likeness (QED) is 0.634. The highest BCUT2D eigenvalue weighted by Crippen LogP contribution is 2.07. The highest BCUT2D eigenvalue weighted by molar-refractivity contribution is 5.71. The molecule has 0 aliphatic carbocycles. The summed E-state index contributed by atoms with van der Waals surface area (Å²) in [5, 5.41) is 2.27. The summed E-state index contributed by atoms with van der Waals surface area (Å²) in [6.45, 7) is 5.05. The number of carbonyl (C=O) groups excluding carboxylic acids is 2. The Labute approximate surface area is 105 Å². The van der Waals surface area contributed by atoms with Crippen molar-refractivity contribution in [2.24, 2.45) is 0 Å². The molecular weight excluding hydrogens is 236 g/mol. The average molecular weight is 252 g/mol. The molecule has 98 valence electrons. The van der Waals surface area contributed by atoms with E-state index < -0.39 is 17.1 Å². The van der Waals surface area contributed by atoms with Crippen molar-refractivity contribution in [3.8, 4) is 0 Å². The van der Waals surface area contributed by atoms with E-state index in [0.717, 1.165) is 0 Å². The molecule has 0 saturated carbocycles. The lowest BCUT2D eigenvalue weighted by atomic mass is 10.2. The normalized spacial score (nSPS) is 10.8. The molecule has 0 aliphatic heterocycles. The molecule has 1 amide bonds. The fourth-order valence-electron chi connectivity index (χ4n) is 1.35. The van der Waals surface area contributed by atoms with Crippen molar-refractivity contribution in [1.82, 2.24) is 4.57 Å². The topological polar surface area (TPSA) is 77.4 Å². The lowest BCUT2D eigenvalue weighted by molar-refractivity contribution is -0.155. The Morgan fingerprint density at radius 1 is 1.50 bits per heavy atom. The van der Waals surface area contributed by atoms with Crippen molar-refractivity contribution in [3.63, 3.8) is 0 Å². The Morgan fingerprint density at radius 3 is 2.72 bits per heavy atom. The van der Waals surface area contributed by atoms with Gasteiger partial charge in [0.2, 0.25) is 6.41 Å². The van der Waals surface area contributed by atoms with Crippen LogP contribution in [-0.2, 0) is 20.9 Å². The second-order valence-corrected chi connectivity index (χ2v) is 4.70. The van der Waals surface area contributed by atoms with Crippen LogP contribution in [0.5, 0.6) is 0 Å². The highest BCUT2D eigenvalue weighted by Gasteiger charge is 2.17. The van der Waals surface area contributed by atoms with E-state index in [0.29, 0.717) is 6.41 Å². The van der Waals surface area contributed by atoms with Crippen LogP contribution in [0.1, 0.15) is 20.8 Å². The van der Waals surface area contributed by atoms with Gasteiger partial charge in [-0.1, -0.05) is 0 Å². The molecule has 1 aromatic heterocycles. The van der Waals surface area contributed by atoms with Crippen LogP contribution in [0.4, 0.5) is 5.69 Å². The van der Waals surface area contributed by atoms with Crippen LogP contribution in [0.2, 0.25) is 0 Å². The molecular formula is C12H16N2O4. The van der Waals surface area contributed by atoms with Gasteiger partial charge in [0.25, 0.3) is 5.56 Å². The van der Waals surface area contributed by atoms with E-state index >= 15 is 0 Å². The number of rotatable bonds is 4. The first-order valence-corrected chi connectivity index (χ1v) is 5.45. The lowest BCUT2D eigenvalue weighted by Gasteiger charge is -2.19. The lowest BCUT2D eigenvalue weighted by Crippen LogP contribution is -2.31. The van der Waals surface area contributed by atoms with Crippen LogP contribution in [0.15, 0.2) is 23.1 Å². The van der Waals surface area contributed by atoms with Gasteiger partial charge >= 0.3 is 5.97 Å². The number of anilines is 1. The fraction of sp³-hybridized carbons (Fsp3) is 0.417. The van der Waals surface area contributed by atoms with E-state index in [1.165, 1.54) is 16.8 Å². The summed E-state index contributed by atoms with van der Waals surface area (Å²) in [6.07, 6.45) is 1.87. The number of carbonyl (C=O) groups is 2. The SMILES string of the molecule is CC(C)(C)OC(=O)Cn1cccc(NC=O)c1=O. The third-order valence-corrected chi connectivity index (χ3v) is 1.95. The number of hydrogen-bond acceptors (Lipinski definition) is 4. The highest BCUT2D eigenvalue weighted by atomic mass is 16.6. The van der Waals surface area contributed by atoms with Crippen molar-refractivity contribution in [3.05, 3.63) is 28.7 Å². The molecule has 18 heavy (non-hydrogen) atoms. The zero-order valence-corrected chi connectivity index (χ0v) is 10.6. The van der Waals surface area contributed by atoms with Gasteiger partial charge in [-0.25, -0.2) is 0 Å². The summed E-state index contributed by atoms with van der Waals surface area (Å²) in [5.74, 6) is -0.507. The van der Waals surface area contributed by atoms with Crippen LogP contribution in [0.25, 0.3) is 0 Å². The Morgan fingerprint density at radius 2 is 2.17 bits per heavy atom. The van der Waals surface area contributed by atoms with Crippen molar-refractivity contribution in [2.75, 3.05) is 5.32 Å². The van der Waals surface area contributed by atoms with E-state index in [1.807, 2.05) is 0 Å². The molecule has 0 radical (unpaired) electrons. The second-order valence-electron chi connectivity index (χ2n) is 4.70. The van der Waals surface area contributed by atoms with Gasteiger partial charge in [0, 0.05) is 6.20 Å². The summed E-state index contributed by atoms with van der Waals surface area (Å²) in [4.78, 5) is 33.7. The number of hydrogen-bond donors (Lipinski definition) is 1. The number of aromatic nitrogens is 1. The molecule has 0 bridgehead atoms. The largest absolute Gasteiger partial charge is 0.459 e. The monoisotopic (exact) mass is 252 g/mol. The molecule has 1 N–H and O–H groups in total. The minimum atomic E-state index is -0.598. The maximum absolute atomic E-state index is 11.8. The fourth-order valence-corrected chi connectivity index (χ4v) is 1.35. The van der Waals surface area contributed by atoms with Crippen LogP contribution < -0.4 is 10.9 Å². The summed E-state index contributed by atoms with van der Waals surface area (Å²) in [6, 6.07) is 3.03. The summed E-state index contributed by atoms with van der Waals surface area (Å²) in [5.41, 5.74) is -0.925. The van der Waals surface area contributed by atoms with Gasteiger partial charge in [0.1, 0.15) is 17.8 Å². The van der Waals surface area contributed by atoms with Gasteiger partial charge in [0.05, 0.1) is 0 Å². The predicted octanol–water partition coefficient (Wildman–Crippen LogP) is 0.758. The van der Waals surface area contributed by atoms with E-state index in [1.54, 1.807) is 26.8 Å². The van der Waals surface area contributed by atoms with Gasteiger partial charge in [-0.3, -0.25) is 14.4 Å². The van der Waals surface area contributed by atoms with Gasteiger partial charge in [-0.05, 0) is 32.9 Å². The van der Waals surface area contributed by atoms with Gasteiger partial charge in [0.15, 0.2) is 0 Å². The summed E-state index contributed by atoms with van der Waals surface area (Å²) in [7, 11) is 0. The first-order valence-electron chi connectivity index (χ1n) is 5.45. The number of nitrogens with zero attached hydrogens (tertiary/aromatic N) is 1. The van der Waals surface area contributed by atoms with E-state index in [-0.39, 0.29) is 12.2 Å². The molecule has 1 aromatic rings. The standard InChI is InChI=1S/C12H16N2O4/c1-12(2,3)18-10(16)7-14-6-4-5-9(11(14)17)13-8-15/h4-6,8H,7H2,1-3H3,(H,13,15). The zero-order chi connectivity index (χ0) is 13.8. The minimum Gasteiger partial charge on any atom is -0.459 e. The smallest absolute Gasteiger partial charge is 0.326 e. The molecule has 0 fully saturated rings. The predicted molar refractivity (Wildman–Crippen MR) is 66.2 cm³/mol. The number of pyridine rings is 1. The Hall–Kier alpha value is -2.11. The first kappa shape index (κ1) is 14.0. The maximum atomic E-state index is 11.8. The van der Waals surface area contributed by atoms with E-state index in [9.17, 15) is 14.4 Å². The van der Waals surface area contributed by atoms with Crippen molar-refractivity contribution in [2.45, 2.75) is 32.9 Å². The third-order valence-electron chi connectivity index (χ3n) is 1.95. The third kappa shape index (κ3) is 4.04. The maximum Gasteiger partial charge on any atom is 0.326 e. The molecule has 6 nitrogen and oxygen atoms in total. The molecule has 0 aliphatic rings. The molecule has 1 rings (SSSR count). The average Bonchev–Trinajstić information content (AvgIpc) is 2.21. The van der Waals surface area contributed by atoms with Gasteiger partial charge < -0.3 is 14.6 Å². The van der Waals surface area contributed by atoms with Gasteiger partial charge in [-0.15, -0.1) is 0 Å². The van der Waals surface area contributed by atoms with E-state index in [2.05, 4.69) is 5.32 Å². The molecule has 0 unspecified atom stereocenters. The van der Waals surface area contributed by atoms with Gasteiger partial charge in [-0.2, -0.15) is 0 Å². The van der Waals surface area contributed by atoms with Crippen LogP contribution in [0, 0.1) is 0 Å². The van der Waals surface area contributed by atoms with Crippen molar-refractivity contribution < 1.29 is 14.3 Å². The molecule has 0 spiro atoms. The Bertz CT molecular complexity index is 500. The van der Waals surface area contributed by atoms with Crippen LogP contribution in [-0.4, -0.2) is 22.5 Å². The first-order chi connectivity index (χ1) is 8.33. The van der Waals surface area contributed by atoms with Crippen molar-refractivity contribution in [1.29, 1.82) is 0 Å². The molecule has 6 heteroatoms. The minimum absolute atomic E-state index is 0.121. The van der Waals surface area contributed by atoms with E-state index in [4.69, 9.17) is 4.74 Å².